The van der Waals surface area contributed by atoms with Gasteiger partial charge in [-0.05, 0) is 61.4 Å². The monoisotopic (exact) mass is 545 g/mol. The smallest absolute Gasteiger partial charge is 0.258 e. The molecule has 3 aromatic rings. The summed E-state index contributed by atoms with van der Waals surface area (Å²) in [5, 5.41) is 6.96. The molecule has 1 atom stereocenters. The number of halogens is 2. The minimum absolute atomic E-state index is 0.0306. The third-order valence-electron chi connectivity index (χ3n) is 5.53. The van der Waals surface area contributed by atoms with Gasteiger partial charge in [0.1, 0.15) is 11.5 Å². The van der Waals surface area contributed by atoms with E-state index in [1.54, 1.807) is 24.3 Å². The van der Waals surface area contributed by atoms with Crippen LogP contribution in [0.25, 0.3) is 16.6 Å². The van der Waals surface area contributed by atoms with Crippen molar-refractivity contribution in [1.29, 1.82) is 5.53 Å². The molecule has 1 fully saturated rings. The maximum Gasteiger partial charge on any atom is 0.258 e. The van der Waals surface area contributed by atoms with Gasteiger partial charge in [0.2, 0.25) is 0 Å². The minimum Gasteiger partial charge on any atom is -0.360 e. The molecule has 3 N–H and O–H groups in total. The number of nitrogens with zero attached hydrogens (tertiary/aromatic N) is 2. The highest BCUT2D eigenvalue weighted by molar-refractivity contribution is 14.1. The Labute approximate surface area is 197 Å². The molecule has 0 unspecified atom stereocenters. The number of carbonyl (C=O) groups is 1. The third kappa shape index (κ3) is 4.57. The van der Waals surface area contributed by atoms with Crippen LogP contribution in [0.1, 0.15) is 28.8 Å². The Balaban J connectivity index is 1.53. The molecule has 0 bridgehead atoms. The molecule has 1 aromatic heterocycles. The second-order valence-corrected chi connectivity index (χ2v) is 8.44. The van der Waals surface area contributed by atoms with Crippen molar-refractivity contribution >= 4 is 50.8 Å². The number of amides is 1. The molecule has 2 heterocycles. The average Bonchev–Trinajstić information content (AvgIpc) is 3.29. The van der Waals surface area contributed by atoms with E-state index in [9.17, 15) is 14.0 Å². The minimum atomic E-state index is -0.426. The number of benzene rings is 2. The lowest BCUT2D eigenvalue weighted by Gasteiger charge is -2.23. The highest BCUT2D eigenvalue weighted by atomic mass is 127. The lowest BCUT2D eigenvalue weighted by Crippen LogP contribution is -2.36. The molecule has 32 heavy (non-hydrogen) atoms. The summed E-state index contributed by atoms with van der Waals surface area (Å²) in [7, 11) is 0. The van der Waals surface area contributed by atoms with Gasteiger partial charge in [-0.2, -0.15) is 5.11 Å². The van der Waals surface area contributed by atoms with Gasteiger partial charge >= 0.3 is 0 Å². The number of rotatable bonds is 6. The van der Waals surface area contributed by atoms with Crippen LogP contribution in [-0.4, -0.2) is 32.8 Å². The first-order valence-electron chi connectivity index (χ1n) is 10.1. The molecule has 7 nitrogen and oxygen atoms in total. The van der Waals surface area contributed by atoms with Gasteiger partial charge in [-0.1, -0.05) is 22.6 Å². The summed E-state index contributed by atoms with van der Waals surface area (Å²) < 4.78 is 14.5. The summed E-state index contributed by atoms with van der Waals surface area (Å²) in [6.45, 7) is 0.786. The maximum absolute atomic E-state index is 13.5. The topological polar surface area (TPSA) is 101 Å². The Morgan fingerprint density at radius 3 is 2.78 bits per heavy atom. The van der Waals surface area contributed by atoms with Gasteiger partial charge in [0.15, 0.2) is 0 Å². The average molecular weight is 545 g/mol. The van der Waals surface area contributed by atoms with E-state index in [1.165, 1.54) is 30.5 Å². The van der Waals surface area contributed by atoms with Crippen LogP contribution < -0.4 is 10.9 Å². The summed E-state index contributed by atoms with van der Waals surface area (Å²) >= 11 is 2.32. The number of nitrogens with one attached hydrogen (secondary N) is 3. The molecular weight excluding hydrogens is 524 g/mol. The van der Waals surface area contributed by atoms with Crippen molar-refractivity contribution in [1.82, 2.24) is 9.88 Å². The molecule has 9 heteroatoms. The van der Waals surface area contributed by atoms with Crippen molar-refractivity contribution in [2.75, 3.05) is 16.3 Å². The van der Waals surface area contributed by atoms with E-state index in [1.807, 2.05) is 4.90 Å². The second kappa shape index (κ2) is 9.60. The number of anilines is 1. The van der Waals surface area contributed by atoms with Crippen molar-refractivity contribution in [3.63, 3.8) is 0 Å². The number of carbonyl (C=O) groups excluding carboxylic acids is 1. The van der Waals surface area contributed by atoms with E-state index < -0.39 is 11.4 Å². The predicted molar refractivity (Wildman–Crippen MR) is 131 cm³/mol. The fourth-order valence-corrected chi connectivity index (χ4v) is 4.74. The van der Waals surface area contributed by atoms with E-state index in [4.69, 9.17) is 5.53 Å². The number of fused-ring (bicyclic) bond motifs is 1. The molecular formula is C23H21FIN5O2. The first-order chi connectivity index (χ1) is 15.5. The van der Waals surface area contributed by atoms with Crippen molar-refractivity contribution in [2.45, 2.75) is 18.9 Å². The van der Waals surface area contributed by atoms with Crippen LogP contribution >= 0.6 is 22.6 Å². The fourth-order valence-electron chi connectivity index (χ4n) is 3.83. The first kappa shape index (κ1) is 22.1. The number of pyridine rings is 1. The van der Waals surface area contributed by atoms with Gasteiger partial charge in [-0.15, -0.1) is 0 Å². The van der Waals surface area contributed by atoms with Gasteiger partial charge in [-0.3, -0.25) is 9.59 Å². The largest absolute Gasteiger partial charge is 0.360 e. The van der Waals surface area contributed by atoms with Crippen LogP contribution in [0.5, 0.6) is 0 Å². The maximum atomic E-state index is 13.5. The molecule has 1 aliphatic rings. The van der Waals surface area contributed by atoms with Crippen LogP contribution in [0.2, 0.25) is 0 Å². The predicted octanol–water partition coefficient (Wildman–Crippen LogP) is 5.15. The van der Waals surface area contributed by atoms with Crippen LogP contribution in [0.3, 0.4) is 0 Å². The normalized spacial score (nSPS) is 16.4. The van der Waals surface area contributed by atoms with Crippen LogP contribution in [0.4, 0.5) is 10.1 Å². The van der Waals surface area contributed by atoms with E-state index >= 15 is 0 Å². The molecule has 2 aromatic carbocycles. The number of hydrogen-bond donors (Lipinski definition) is 3. The van der Waals surface area contributed by atoms with Gasteiger partial charge in [0.25, 0.3) is 11.5 Å². The third-order valence-corrected chi connectivity index (χ3v) is 6.54. The summed E-state index contributed by atoms with van der Waals surface area (Å²) in [6, 6.07) is 12.9. The summed E-state index contributed by atoms with van der Waals surface area (Å²) in [6.07, 6.45) is 3.51. The van der Waals surface area contributed by atoms with Crippen LogP contribution in [-0.2, 0) is 0 Å². The van der Waals surface area contributed by atoms with Crippen molar-refractivity contribution in [2.24, 2.45) is 5.11 Å². The highest BCUT2D eigenvalue weighted by Gasteiger charge is 2.28. The zero-order valence-electron chi connectivity index (χ0n) is 17.1. The van der Waals surface area contributed by atoms with Crippen molar-refractivity contribution in [3.8, 4) is 0 Å². The zero-order valence-corrected chi connectivity index (χ0v) is 19.2. The molecule has 0 aliphatic carbocycles. The summed E-state index contributed by atoms with van der Waals surface area (Å²) in [4.78, 5) is 29.8. The SMILES string of the molecule is N=N/C(=C\Nc1ccc(C(=O)N2CCC[C@H]2CI)cc1)c1cc2cc(F)ccc2[nH]c1=O. The molecule has 0 spiro atoms. The lowest BCUT2D eigenvalue weighted by atomic mass is 10.1. The van der Waals surface area contributed by atoms with E-state index in [2.05, 4.69) is 38.0 Å². The Bertz CT molecular complexity index is 1260. The number of likely N-dealkylation sites (tertiary alicyclic amines) is 1. The van der Waals surface area contributed by atoms with E-state index in [0.29, 0.717) is 28.2 Å². The van der Waals surface area contributed by atoms with E-state index in [0.717, 1.165) is 23.8 Å². The zero-order chi connectivity index (χ0) is 22.7. The number of aromatic nitrogens is 1. The second-order valence-electron chi connectivity index (χ2n) is 7.56. The first-order valence-corrected chi connectivity index (χ1v) is 11.7. The van der Waals surface area contributed by atoms with Gasteiger partial charge in [-0.25, -0.2) is 9.92 Å². The Morgan fingerprint density at radius 1 is 1.28 bits per heavy atom. The van der Waals surface area contributed by atoms with E-state index in [-0.39, 0.29) is 17.2 Å². The number of hydrogen-bond acceptors (Lipinski definition) is 5. The van der Waals surface area contributed by atoms with Gasteiger partial charge in [0, 0.05) is 45.4 Å². The quantitative estimate of drug-likeness (QED) is 0.227. The Kier molecular flexibility index (Phi) is 6.63. The van der Waals surface area contributed by atoms with Crippen molar-refractivity contribution < 1.29 is 9.18 Å². The Morgan fingerprint density at radius 2 is 2.06 bits per heavy atom. The van der Waals surface area contributed by atoms with Gasteiger partial charge < -0.3 is 15.2 Å². The van der Waals surface area contributed by atoms with Crippen molar-refractivity contribution in [3.05, 3.63) is 82.0 Å². The highest BCUT2D eigenvalue weighted by Crippen LogP contribution is 2.23. The Hall–Kier alpha value is -3.08. The molecule has 1 saturated heterocycles. The standard InChI is InChI=1S/C23H21FIN5O2/c24-16-5-8-20-15(10-16)11-19(22(31)28-20)21(29-26)13-27-17-6-3-14(4-7-17)23(32)30-9-1-2-18(30)12-25/h3-8,10-11,13,18,26-27H,1-2,9,12H2,(H,28,31)/b21-13-,29-26?/t18-/m0/s1. The number of H-pyrrole nitrogens is 1. The van der Waals surface area contributed by atoms with Crippen LogP contribution in [0, 0.1) is 11.3 Å². The molecule has 1 aliphatic heterocycles. The molecule has 0 saturated carbocycles. The number of aromatic amines is 1. The summed E-state index contributed by atoms with van der Waals surface area (Å²) in [5.74, 6) is -0.390. The molecule has 1 amide bonds. The summed E-state index contributed by atoms with van der Waals surface area (Å²) in [5.41, 5.74) is 9.09. The van der Waals surface area contributed by atoms with Crippen LogP contribution in [0.15, 0.2) is 64.6 Å². The molecule has 0 radical (unpaired) electrons. The van der Waals surface area contributed by atoms with Gasteiger partial charge in [0.05, 0.1) is 5.56 Å². The fraction of sp³-hybridized carbons (Fsp3) is 0.217. The number of alkyl halides is 1. The molecule has 164 valence electrons. The molecule has 4 rings (SSSR count). The lowest BCUT2D eigenvalue weighted by molar-refractivity contribution is 0.0751.